The monoisotopic (exact) mass is 321 g/mol. The summed E-state index contributed by atoms with van der Waals surface area (Å²) < 4.78 is 14.0. The van der Waals surface area contributed by atoms with Gasteiger partial charge in [-0.25, -0.2) is 9.36 Å². The van der Waals surface area contributed by atoms with Gasteiger partial charge in [0, 0.05) is 23.5 Å². The van der Waals surface area contributed by atoms with Crippen LogP contribution in [0.15, 0.2) is 65.9 Å². The molecule has 0 aliphatic rings. The summed E-state index contributed by atoms with van der Waals surface area (Å²) >= 11 is 0. The molecule has 0 saturated carbocycles. The lowest BCUT2D eigenvalue weighted by molar-refractivity contribution is 0.415. The second-order valence-corrected chi connectivity index (χ2v) is 5.27. The lowest BCUT2D eigenvalue weighted by Crippen LogP contribution is -1.99. The van der Waals surface area contributed by atoms with E-state index in [1.165, 1.54) is 0 Å². The zero-order chi connectivity index (χ0) is 16.4. The summed E-state index contributed by atoms with van der Waals surface area (Å²) in [4.78, 5) is 0. The summed E-state index contributed by atoms with van der Waals surface area (Å²) in [6.45, 7) is 0.602. The number of rotatable bonds is 5. The van der Waals surface area contributed by atoms with Crippen molar-refractivity contribution in [3.05, 3.63) is 67.0 Å². The van der Waals surface area contributed by atoms with Crippen LogP contribution in [0, 0.1) is 0 Å². The molecule has 1 aromatic carbocycles. The first-order valence-corrected chi connectivity index (χ1v) is 7.43. The van der Waals surface area contributed by atoms with Gasteiger partial charge in [0.2, 0.25) is 0 Å². The summed E-state index contributed by atoms with van der Waals surface area (Å²) in [5, 5.41) is 12.8. The standard InChI is InChI=1S/C17H15N5O2/c1-23-14-3-4-17(22-7-2-6-18-22)15(9-14)16-11-21(20-19-16)10-13-5-8-24-12-13/h2-9,11-12H,10H2,1H3. The van der Waals surface area contributed by atoms with E-state index in [2.05, 4.69) is 15.4 Å². The van der Waals surface area contributed by atoms with E-state index in [0.29, 0.717) is 6.54 Å². The molecule has 0 atom stereocenters. The molecule has 7 nitrogen and oxygen atoms in total. The van der Waals surface area contributed by atoms with Crippen LogP contribution >= 0.6 is 0 Å². The van der Waals surface area contributed by atoms with Crippen molar-refractivity contribution in [3.63, 3.8) is 0 Å². The highest BCUT2D eigenvalue weighted by Crippen LogP contribution is 2.29. The molecule has 120 valence electrons. The highest BCUT2D eigenvalue weighted by atomic mass is 16.5. The quantitative estimate of drug-likeness (QED) is 0.565. The van der Waals surface area contributed by atoms with Gasteiger partial charge in [-0.15, -0.1) is 5.10 Å². The minimum atomic E-state index is 0.602. The number of methoxy groups -OCH3 is 1. The smallest absolute Gasteiger partial charge is 0.119 e. The average molecular weight is 321 g/mol. The SMILES string of the molecule is COc1ccc(-n2cccn2)c(-c2cn(Cc3ccoc3)nn2)c1. The average Bonchev–Trinajstić information content (AvgIpc) is 3.37. The van der Waals surface area contributed by atoms with Crippen LogP contribution < -0.4 is 4.74 Å². The van der Waals surface area contributed by atoms with Crippen LogP contribution in [0.25, 0.3) is 16.9 Å². The maximum absolute atomic E-state index is 5.34. The third-order valence-electron chi connectivity index (χ3n) is 3.69. The predicted molar refractivity (Wildman–Crippen MR) is 86.9 cm³/mol. The summed E-state index contributed by atoms with van der Waals surface area (Å²) in [5.41, 5.74) is 3.60. The van der Waals surface area contributed by atoms with Crippen molar-refractivity contribution in [1.29, 1.82) is 0 Å². The maximum Gasteiger partial charge on any atom is 0.119 e. The molecule has 0 bridgehead atoms. The van der Waals surface area contributed by atoms with Gasteiger partial charge < -0.3 is 9.15 Å². The van der Waals surface area contributed by atoms with Gasteiger partial charge in [-0.3, -0.25) is 0 Å². The molecule has 0 spiro atoms. The summed E-state index contributed by atoms with van der Waals surface area (Å²) in [5.74, 6) is 0.755. The number of aromatic nitrogens is 5. The molecule has 0 radical (unpaired) electrons. The molecule has 0 unspecified atom stereocenters. The van der Waals surface area contributed by atoms with E-state index in [0.717, 1.165) is 28.3 Å². The fraction of sp³-hybridized carbons (Fsp3) is 0.118. The van der Waals surface area contributed by atoms with Crippen LogP contribution in [0.1, 0.15) is 5.56 Å². The Morgan fingerprint density at radius 3 is 2.96 bits per heavy atom. The van der Waals surface area contributed by atoms with Gasteiger partial charge in [0.1, 0.15) is 11.4 Å². The molecular weight excluding hydrogens is 306 g/mol. The van der Waals surface area contributed by atoms with E-state index >= 15 is 0 Å². The minimum Gasteiger partial charge on any atom is -0.497 e. The van der Waals surface area contributed by atoms with Crippen molar-refractivity contribution in [2.75, 3.05) is 7.11 Å². The van der Waals surface area contributed by atoms with Crippen LogP contribution in [0.2, 0.25) is 0 Å². The Morgan fingerprint density at radius 1 is 1.25 bits per heavy atom. The predicted octanol–water partition coefficient (Wildman–Crippen LogP) is 2.78. The summed E-state index contributed by atoms with van der Waals surface area (Å²) in [6.07, 6.45) is 8.87. The second kappa shape index (κ2) is 6.04. The molecule has 0 aliphatic carbocycles. The fourth-order valence-electron chi connectivity index (χ4n) is 2.53. The number of furan rings is 1. The Kier molecular flexibility index (Phi) is 3.59. The Bertz CT molecular complexity index is 926. The van der Waals surface area contributed by atoms with Gasteiger partial charge in [-0.05, 0) is 30.3 Å². The van der Waals surface area contributed by atoms with Crippen molar-refractivity contribution in [2.45, 2.75) is 6.54 Å². The van der Waals surface area contributed by atoms with E-state index in [-0.39, 0.29) is 0 Å². The first kappa shape index (κ1) is 14.3. The molecule has 0 saturated heterocycles. The molecule has 4 aromatic rings. The minimum absolute atomic E-state index is 0.602. The Hall–Kier alpha value is -3.35. The van der Waals surface area contributed by atoms with Crippen molar-refractivity contribution in [2.24, 2.45) is 0 Å². The van der Waals surface area contributed by atoms with Crippen LogP contribution in [0.3, 0.4) is 0 Å². The number of benzene rings is 1. The van der Waals surface area contributed by atoms with Crippen molar-refractivity contribution in [3.8, 4) is 22.7 Å². The van der Waals surface area contributed by atoms with E-state index in [4.69, 9.17) is 9.15 Å². The highest BCUT2D eigenvalue weighted by Gasteiger charge is 2.13. The van der Waals surface area contributed by atoms with Crippen LogP contribution in [0.4, 0.5) is 0 Å². The summed E-state index contributed by atoms with van der Waals surface area (Å²) in [7, 11) is 1.64. The lowest BCUT2D eigenvalue weighted by Gasteiger charge is -2.09. The topological polar surface area (TPSA) is 70.9 Å². The largest absolute Gasteiger partial charge is 0.497 e. The van der Waals surface area contributed by atoms with E-state index in [1.54, 1.807) is 35.2 Å². The zero-order valence-corrected chi connectivity index (χ0v) is 13.0. The molecule has 0 aliphatic heterocycles. The van der Waals surface area contributed by atoms with Crippen molar-refractivity contribution >= 4 is 0 Å². The van der Waals surface area contributed by atoms with Crippen LogP contribution in [-0.2, 0) is 6.54 Å². The van der Waals surface area contributed by atoms with Gasteiger partial charge in [0.25, 0.3) is 0 Å². The molecule has 7 heteroatoms. The Balaban J connectivity index is 1.74. The van der Waals surface area contributed by atoms with Crippen LogP contribution in [0.5, 0.6) is 5.75 Å². The van der Waals surface area contributed by atoms with Gasteiger partial charge in [-0.1, -0.05) is 5.21 Å². The van der Waals surface area contributed by atoms with Crippen molar-refractivity contribution < 1.29 is 9.15 Å². The molecule has 0 amide bonds. The molecule has 0 N–H and O–H groups in total. The Labute approximate surface area is 138 Å². The zero-order valence-electron chi connectivity index (χ0n) is 13.0. The van der Waals surface area contributed by atoms with E-state index in [1.807, 2.05) is 42.7 Å². The number of ether oxygens (including phenoxy) is 1. The summed E-state index contributed by atoms with van der Waals surface area (Å²) in [6, 6.07) is 9.57. The van der Waals surface area contributed by atoms with Gasteiger partial charge in [-0.2, -0.15) is 5.10 Å². The lowest BCUT2D eigenvalue weighted by atomic mass is 10.1. The van der Waals surface area contributed by atoms with E-state index in [9.17, 15) is 0 Å². The van der Waals surface area contributed by atoms with Gasteiger partial charge in [0.15, 0.2) is 0 Å². The normalized spacial score (nSPS) is 10.9. The fourth-order valence-corrected chi connectivity index (χ4v) is 2.53. The second-order valence-electron chi connectivity index (χ2n) is 5.27. The highest BCUT2D eigenvalue weighted by molar-refractivity contribution is 5.71. The third-order valence-corrected chi connectivity index (χ3v) is 3.69. The van der Waals surface area contributed by atoms with Crippen LogP contribution in [-0.4, -0.2) is 31.9 Å². The molecule has 24 heavy (non-hydrogen) atoms. The molecular formula is C17H15N5O2. The van der Waals surface area contributed by atoms with Gasteiger partial charge in [0.05, 0.1) is 38.1 Å². The number of hydrogen-bond donors (Lipinski definition) is 0. The maximum atomic E-state index is 5.34. The first-order valence-electron chi connectivity index (χ1n) is 7.43. The van der Waals surface area contributed by atoms with Crippen molar-refractivity contribution in [1.82, 2.24) is 24.8 Å². The number of nitrogens with zero attached hydrogens (tertiary/aromatic N) is 5. The molecule has 0 fully saturated rings. The molecule has 4 rings (SSSR count). The molecule has 3 aromatic heterocycles. The molecule has 3 heterocycles. The van der Waals surface area contributed by atoms with E-state index < -0.39 is 0 Å². The Morgan fingerprint density at radius 2 is 2.21 bits per heavy atom. The number of hydrogen-bond acceptors (Lipinski definition) is 5. The third kappa shape index (κ3) is 2.67. The first-order chi connectivity index (χ1) is 11.8. The van der Waals surface area contributed by atoms with Gasteiger partial charge >= 0.3 is 0 Å².